The van der Waals surface area contributed by atoms with Crippen molar-refractivity contribution in [1.82, 2.24) is 14.7 Å². The van der Waals surface area contributed by atoms with E-state index in [-0.39, 0.29) is 0 Å². The predicted molar refractivity (Wildman–Crippen MR) is 81.7 cm³/mol. The average molecular weight is 270 g/mol. The van der Waals surface area contributed by atoms with Crippen LogP contribution in [-0.4, -0.2) is 27.8 Å². The lowest BCUT2D eigenvalue weighted by molar-refractivity contribution is 0.273. The lowest BCUT2D eigenvalue weighted by Crippen LogP contribution is -2.24. The van der Waals surface area contributed by atoms with Gasteiger partial charge in [0.25, 0.3) is 0 Å². The Hall–Kier alpha value is -1.81. The van der Waals surface area contributed by atoms with Gasteiger partial charge < -0.3 is 5.73 Å². The Bertz CT molecular complexity index is 539. The van der Waals surface area contributed by atoms with Crippen LogP contribution in [0.5, 0.6) is 0 Å². The number of hydrogen-bond donors (Lipinski definition) is 1. The molecule has 0 aliphatic carbocycles. The van der Waals surface area contributed by atoms with Crippen molar-refractivity contribution in [3.8, 4) is 5.69 Å². The molecule has 0 amide bonds. The molecule has 0 saturated carbocycles. The van der Waals surface area contributed by atoms with E-state index in [2.05, 4.69) is 10.00 Å². The van der Waals surface area contributed by atoms with E-state index in [0.717, 1.165) is 17.9 Å². The van der Waals surface area contributed by atoms with Crippen molar-refractivity contribution in [2.75, 3.05) is 18.8 Å². The highest BCUT2D eigenvalue weighted by atomic mass is 15.3. The van der Waals surface area contributed by atoms with Crippen molar-refractivity contribution in [3.05, 3.63) is 42.1 Å². The molecule has 20 heavy (non-hydrogen) atoms. The summed E-state index contributed by atoms with van der Waals surface area (Å²) in [5.74, 6) is 0.709. The second kappa shape index (κ2) is 6.09. The van der Waals surface area contributed by atoms with Crippen LogP contribution in [0, 0.1) is 0 Å². The molecular formula is C16H22N4. The maximum absolute atomic E-state index is 6.09. The molecule has 3 rings (SSSR count). The van der Waals surface area contributed by atoms with E-state index in [4.69, 9.17) is 5.73 Å². The van der Waals surface area contributed by atoms with Gasteiger partial charge in [-0.1, -0.05) is 31.0 Å². The summed E-state index contributed by atoms with van der Waals surface area (Å²) in [6, 6.07) is 12.1. The number of para-hydroxylation sites is 1. The Morgan fingerprint density at radius 2 is 1.70 bits per heavy atom. The van der Waals surface area contributed by atoms with Crippen LogP contribution in [0.3, 0.4) is 0 Å². The van der Waals surface area contributed by atoms with Crippen LogP contribution >= 0.6 is 0 Å². The molecule has 0 radical (unpaired) electrons. The molecule has 1 aromatic heterocycles. The van der Waals surface area contributed by atoms with Crippen LogP contribution in [0.4, 0.5) is 5.82 Å². The summed E-state index contributed by atoms with van der Waals surface area (Å²) in [6.07, 6.45) is 5.32. The first-order valence-corrected chi connectivity index (χ1v) is 7.45. The number of aromatic nitrogens is 2. The molecule has 4 heteroatoms. The van der Waals surface area contributed by atoms with Crippen LogP contribution in [-0.2, 0) is 6.54 Å². The highest BCUT2D eigenvalue weighted by Crippen LogP contribution is 2.17. The van der Waals surface area contributed by atoms with Gasteiger partial charge in [0.15, 0.2) is 0 Å². The highest BCUT2D eigenvalue weighted by Gasteiger charge is 2.13. The zero-order valence-corrected chi connectivity index (χ0v) is 11.8. The fourth-order valence-corrected chi connectivity index (χ4v) is 2.82. The highest BCUT2D eigenvalue weighted by molar-refractivity contribution is 5.42. The molecule has 1 fully saturated rings. The summed E-state index contributed by atoms with van der Waals surface area (Å²) in [7, 11) is 0. The van der Waals surface area contributed by atoms with Gasteiger partial charge in [0.1, 0.15) is 5.82 Å². The van der Waals surface area contributed by atoms with Crippen LogP contribution in [0.1, 0.15) is 31.4 Å². The van der Waals surface area contributed by atoms with Crippen molar-refractivity contribution in [2.24, 2.45) is 0 Å². The predicted octanol–water partition coefficient (Wildman–Crippen LogP) is 2.83. The van der Waals surface area contributed by atoms with E-state index in [1.54, 1.807) is 0 Å². The van der Waals surface area contributed by atoms with Crippen molar-refractivity contribution in [3.63, 3.8) is 0 Å². The summed E-state index contributed by atoms with van der Waals surface area (Å²) in [6.45, 7) is 3.26. The summed E-state index contributed by atoms with van der Waals surface area (Å²) >= 11 is 0. The molecule has 4 nitrogen and oxygen atoms in total. The van der Waals surface area contributed by atoms with Gasteiger partial charge in [-0.2, -0.15) is 5.10 Å². The van der Waals surface area contributed by atoms with Gasteiger partial charge in [0.2, 0.25) is 0 Å². The lowest BCUT2D eigenvalue weighted by atomic mass is 10.2. The molecule has 0 bridgehead atoms. The largest absolute Gasteiger partial charge is 0.384 e. The molecule has 106 valence electrons. The summed E-state index contributed by atoms with van der Waals surface area (Å²) in [4.78, 5) is 2.49. The van der Waals surface area contributed by atoms with Crippen LogP contribution in [0.25, 0.3) is 5.69 Å². The maximum Gasteiger partial charge on any atom is 0.127 e. The second-order valence-electron chi connectivity index (χ2n) is 5.50. The molecule has 1 aliphatic heterocycles. The van der Waals surface area contributed by atoms with Gasteiger partial charge >= 0.3 is 0 Å². The van der Waals surface area contributed by atoms with Crippen LogP contribution in [0.2, 0.25) is 0 Å². The SMILES string of the molecule is Nc1cc(CN2CCCCCC2)nn1-c1ccccc1. The molecule has 1 aliphatic rings. The number of rotatable bonds is 3. The normalized spacial score (nSPS) is 17.0. The third-order valence-corrected chi connectivity index (χ3v) is 3.87. The standard InChI is InChI=1S/C16H22N4/c17-16-12-14(13-19-10-6-1-2-7-11-19)18-20(16)15-8-4-3-5-9-15/h3-5,8-9,12H,1-2,6-7,10-11,13,17H2. The molecule has 2 heterocycles. The Labute approximate surface area is 120 Å². The number of nitrogens with two attached hydrogens (primary N) is 1. The topological polar surface area (TPSA) is 47.1 Å². The van der Waals surface area contributed by atoms with Gasteiger partial charge in [0.05, 0.1) is 11.4 Å². The second-order valence-corrected chi connectivity index (χ2v) is 5.50. The maximum atomic E-state index is 6.09. The number of benzene rings is 1. The molecule has 0 atom stereocenters. The van der Waals surface area contributed by atoms with E-state index in [1.165, 1.54) is 38.8 Å². The van der Waals surface area contributed by atoms with Gasteiger partial charge in [-0.15, -0.1) is 0 Å². The minimum absolute atomic E-state index is 0.709. The number of anilines is 1. The van der Waals surface area contributed by atoms with Gasteiger partial charge in [-0.3, -0.25) is 4.90 Å². The van der Waals surface area contributed by atoms with E-state index < -0.39 is 0 Å². The van der Waals surface area contributed by atoms with Crippen molar-refractivity contribution >= 4 is 5.82 Å². The Balaban J connectivity index is 1.75. The van der Waals surface area contributed by atoms with Gasteiger partial charge in [0, 0.05) is 12.6 Å². The Kier molecular flexibility index (Phi) is 4.02. The first-order chi connectivity index (χ1) is 9.83. The van der Waals surface area contributed by atoms with Crippen LogP contribution < -0.4 is 5.73 Å². The third-order valence-electron chi connectivity index (χ3n) is 3.87. The fraction of sp³-hybridized carbons (Fsp3) is 0.438. The minimum atomic E-state index is 0.709. The number of nitrogen functional groups attached to an aromatic ring is 1. The molecular weight excluding hydrogens is 248 g/mol. The fourth-order valence-electron chi connectivity index (χ4n) is 2.82. The number of nitrogens with zero attached hydrogens (tertiary/aromatic N) is 3. The molecule has 1 aromatic carbocycles. The zero-order valence-electron chi connectivity index (χ0n) is 11.8. The molecule has 0 spiro atoms. The minimum Gasteiger partial charge on any atom is -0.384 e. The van der Waals surface area contributed by atoms with E-state index in [9.17, 15) is 0 Å². The van der Waals surface area contributed by atoms with Crippen molar-refractivity contribution in [1.29, 1.82) is 0 Å². The van der Waals surface area contributed by atoms with Gasteiger partial charge in [-0.25, -0.2) is 4.68 Å². The zero-order chi connectivity index (χ0) is 13.8. The third kappa shape index (κ3) is 3.02. The van der Waals surface area contributed by atoms with E-state index >= 15 is 0 Å². The Morgan fingerprint density at radius 3 is 2.40 bits per heavy atom. The molecule has 2 N–H and O–H groups in total. The summed E-state index contributed by atoms with van der Waals surface area (Å²) < 4.78 is 1.83. The molecule has 1 saturated heterocycles. The molecule has 0 unspecified atom stereocenters. The van der Waals surface area contributed by atoms with Crippen LogP contribution in [0.15, 0.2) is 36.4 Å². The van der Waals surface area contributed by atoms with Crippen molar-refractivity contribution < 1.29 is 0 Å². The lowest BCUT2D eigenvalue weighted by Gasteiger charge is -2.17. The smallest absolute Gasteiger partial charge is 0.127 e. The summed E-state index contributed by atoms with van der Waals surface area (Å²) in [5.41, 5.74) is 8.17. The first-order valence-electron chi connectivity index (χ1n) is 7.45. The quantitative estimate of drug-likeness (QED) is 0.933. The van der Waals surface area contributed by atoms with E-state index in [1.807, 2.05) is 41.1 Å². The van der Waals surface area contributed by atoms with E-state index in [0.29, 0.717) is 5.82 Å². The first kappa shape index (κ1) is 13.2. The number of likely N-dealkylation sites (tertiary alicyclic amines) is 1. The summed E-state index contributed by atoms with van der Waals surface area (Å²) in [5, 5.41) is 4.65. The Morgan fingerprint density at radius 1 is 1.00 bits per heavy atom. The molecule has 2 aromatic rings. The van der Waals surface area contributed by atoms with Crippen molar-refractivity contribution in [2.45, 2.75) is 32.2 Å². The van der Waals surface area contributed by atoms with Gasteiger partial charge in [-0.05, 0) is 38.1 Å². The average Bonchev–Trinajstić information content (AvgIpc) is 2.67. The number of hydrogen-bond acceptors (Lipinski definition) is 3. The monoisotopic (exact) mass is 270 g/mol.